The van der Waals surface area contributed by atoms with E-state index in [1.54, 1.807) is 43.3 Å². The zero-order valence-corrected chi connectivity index (χ0v) is 23.0. The standard InChI is InChI=1S/C26H27ClN2O6S2/c1-4-34-20-9-7-19(8-10-20)29(37(32,33)22-13-11-21(36-3)12-14-22)17-25(30)28-18-6-15-24(27)23(16-18)26(31)35-5-2/h6-16H,4-5,17H2,1-3H3,(H,28,30). The van der Waals surface area contributed by atoms with Gasteiger partial charge in [-0.25, -0.2) is 13.2 Å². The van der Waals surface area contributed by atoms with Gasteiger partial charge in [0, 0.05) is 10.6 Å². The lowest BCUT2D eigenvalue weighted by Crippen LogP contribution is -2.38. The first kappa shape index (κ1) is 28.4. The van der Waals surface area contributed by atoms with Crippen molar-refractivity contribution in [1.29, 1.82) is 0 Å². The van der Waals surface area contributed by atoms with Crippen LogP contribution >= 0.6 is 23.4 Å². The number of halogens is 1. The summed E-state index contributed by atoms with van der Waals surface area (Å²) in [4.78, 5) is 26.1. The molecule has 0 aromatic heterocycles. The quantitative estimate of drug-likeness (QED) is 0.244. The summed E-state index contributed by atoms with van der Waals surface area (Å²) in [7, 11) is -4.10. The van der Waals surface area contributed by atoms with E-state index in [9.17, 15) is 18.0 Å². The molecular weight excluding hydrogens is 536 g/mol. The summed E-state index contributed by atoms with van der Waals surface area (Å²) in [6, 6.07) is 17.2. The lowest BCUT2D eigenvalue weighted by molar-refractivity contribution is -0.114. The first-order valence-corrected chi connectivity index (χ1v) is 14.4. The summed E-state index contributed by atoms with van der Waals surface area (Å²) >= 11 is 7.59. The Morgan fingerprint density at radius 3 is 2.24 bits per heavy atom. The Balaban J connectivity index is 1.92. The Morgan fingerprint density at radius 2 is 1.65 bits per heavy atom. The SMILES string of the molecule is CCOC(=O)c1cc(NC(=O)CN(c2ccc(OCC)cc2)S(=O)(=O)c2ccc(SC)cc2)ccc1Cl. The number of amides is 1. The van der Waals surface area contributed by atoms with Crippen LogP contribution in [0.15, 0.2) is 76.5 Å². The maximum Gasteiger partial charge on any atom is 0.339 e. The van der Waals surface area contributed by atoms with Crippen molar-refractivity contribution in [3.63, 3.8) is 0 Å². The minimum Gasteiger partial charge on any atom is -0.494 e. The number of carbonyl (C=O) groups excluding carboxylic acids is 2. The van der Waals surface area contributed by atoms with Crippen LogP contribution in [0.5, 0.6) is 5.75 Å². The predicted octanol–water partition coefficient (Wildman–Crippen LogP) is 5.47. The number of hydrogen-bond acceptors (Lipinski definition) is 7. The Labute approximate surface area is 226 Å². The van der Waals surface area contributed by atoms with Crippen LogP contribution in [0, 0.1) is 0 Å². The highest BCUT2D eigenvalue weighted by Crippen LogP contribution is 2.28. The second-order valence-corrected chi connectivity index (χ2v) is 10.7. The average molecular weight is 563 g/mol. The van der Waals surface area contributed by atoms with Gasteiger partial charge in [0.05, 0.1) is 34.4 Å². The van der Waals surface area contributed by atoms with E-state index < -0.39 is 28.4 Å². The van der Waals surface area contributed by atoms with Crippen LogP contribution in [0.3, 0.4) is 0 Å². The highest BCUT2D eigenvalue weighted by molar-refractivity contribution is 7.98. The van der Waals surface area contributed by atoms with Crippen LogP contribution < -0.4 is 14.4 Å². The summed E-state index contributed by atoms with van der Waals surface area (Å²) < 4.78 is 38.7. The van der Waals surface area contributed by atoms with Gasteiger partial charge in [0.15, 0.2) is 0 Å². The zero-order chi connectivity index (χ0) is 27.0. The second kappa shape index (κ2) is 12.8. The molecule has 8 nitrogen and oxygen atoms in total. The monoisotopic (exact) mass is 562 g/mol. The van der Waals surface area contributed by atoms with E-state index in [4.69, 9.17) is 21.1 Å². The molecule has 196 valence electrons. The minimum absolute atomic E-state index is 0.0445. The Bertz CT molecular complexity index is 1350. The summed E-state index contributed by atoms with van der Waals surface area (Å²) in [5.41, 5.74) is 0.646. The van der Waals surface area contributed by atoms with Gasteiger partial charge >= 0.3 is 5.97 Å². The van der Waals surface area contributed by atoms with Crippen molar-refractivity contribution in [3.05, 3.63) is 77.3 Å². The molecule has 3 rings (SSSR count). The number of rotatable bonds is 11. The predicted molar refractivity (Wildman–Crippen MR) is 146 cm³/mol. The van der Waals surface area contributed by atoms with Crippen molar-refractivity contribution < 1.29 is 27.5 Å². The largest absolute Gasteiger partial charge is 0.494 e. The molecule has 0 aliphatic heterocycles. The van der Waals surface area contributed by atoms with Crippen molar-refractivity contribution in [3.8, 4) is 5.75 Å². The van der Waals surface area contributed by atoms with E-state index in [1.165, 1.54) is 42.1 Å². The van der Waals surface area contributed by atoms with Gasteiger partial charge in [-0.2, -0.15) is 0 Å². The molecule has 0 fully saturated rings. The molecule has 37 heavy (non-hydrogen) atoms. The fraction of sp³-hybridized carbons (Fsp3) is 0.231. The normalized spacial score (nSPS) is 11.0. The van der Waals surface area contributed by atoms with Gasteiger partial charge in [0.1, 0.15) is 12.3 Å². The van der Waals surface area contributed by atoms with Crippen molar-refractivity contribution in [1.82, 2.24) is 0 Å². The third-order valence-corrected chi connectivity index (χ3v) is 7.98. The Hall–Kier alpha value is -3.21. The first-order valence-electron chi connectivity index (χ1n) is 11.4. The number of ether oxygens (including phenoxy) is 2. The van der Waals surface area contributed by atoms with E-state index in [1.807, 2.05) is 13.2 Å². The fourth-order valence-electron chi connectivity index (χ4n) is 3.36. The van der Waals surface area contributed by atoms with Gasteiger partial charge < -0.3 is 14.8 Å². The summed E-state index contributed by atoms with van der Waals surface area (Å²) in [5.74, 6) is -0.670. The number of hydrogen-bond donors (Lipinski definition) is 1. The summed E-state index contributed by atoms with van der Waals surface area (Å²) in [6.45, 7) is 3.62. The van der Waals surface area contributed by atoms with Gasteiger partial charge in [-0.15, -0.1) is 11.8 Å². The van der Waals surface area contributed by atoms with Gasteiger partial charge in [0.25, 0.3) is 10.0 Å². The van der Waals surface area contributed by atoms with E-state index in [0.717, 1.165) is 9.20 Å². The van der Waals surface area contributed by atoms with Crippen LogP contribution in [-0.4, -0.2) is 46.3 Å². The Morgan fingerprint density at radius 1 is 0.973 bits per heavy atom. The van der Waals surface area contributed by atoms with Crippen LogP contribution in [-0.2, 0) is 19.6 Å². The summed E-state index contributed by atoms with van der Waals surface area (Å²) in [6.07, 6.45) is 1.89. The first-order chi connectivity index (χ1) is 17.7. The number of benzene rings is 3. The molecule has 11 heteroatoms. The maximum absolute atomic E-state index is 13.6. The highest BCUT2D eigenvalue weighted by atomic mass is 35.5. The number of thioether (sulfide) groups is 1. The van der Waals surface area contributed by atoms with Crippen LogP contribution in [0.25, 0.3) is 0 Å². The molecule has 0 radical (unpaired) electrons. The van der Waals surface area contributed by atoms with E-state index in [0.29, 0.717) is 12.4 Å². The number of anilines is 2. The highest BCUT2D eigenvalue weighted by Gasteiger charge is 2.27. The van der Waals surface area contributed by atoms with E-state index in [-0.39, 0.29) is 33.5 Å². The Kier molecular flexibility index (Phi) is 9.85. The molecule has 3 aromatic carbocycles. The van der Waals surface area contributed by atoms with Crippen LogP contribution in [0.4, 0.5) is 11.4 Å². The topological polar surface area (TPSA) is 102 Å². The minimum atomic E-state index is -4.10. The third-order valence-electron chi connectivity index (χ3n) is 5.12. The number of esters is 1. The molecule has 0 spiro atoms. The van der Waals surface area contributed by atoms with Crippen molar-refractivity contribution in [2.24, 2.45) is 0 Å². The van der Waals surface area contributed by atoms with Crippen LogP contribution in [0.2, 0.25) is 5.02 Å². The molecule has 1 N–H and O–H groups in total. The van der Waals surface area contributed by atoms with Crippen molar-refractivity contribution in [2.75, 3.05) is 35.6 Å². The van der Waals surface area contributed by atoms with Gasteiger partial charge in [-0.3, -0.25) is 9.10 Å². The molecule has 0 saturated carbocycles. The van der Waals surface area contributed by atoms with E-state index >= 15 is 0 Å². The third kappa shape index (κ3) is 7.18. The molecule has 0 heterocycles. The van der Waals surface area contributed by atoms with Crippen molar-refractivity contribution >= 4 is 56.6 Å². The van der Waals surface area contributed by atoms with Gasteiger partial charge in [-0.1, -0.05) is 11.6 Å². The maximum atomic E-state index is 13.6. The molecule has 0 unspecified atom stereocenters. The van der Waals surface area contributed by atoms with E-state index in [2.05, 4.69) is 5.32 Å². The number of sulfonamides is 1. The lowest BCUT2D eigenvalue weighted by Gasteiger charge is -2.24. The molecule has 0 saturated heterocycles. The van der Waals surface area contributed by atoms with Crippen LogP contribution in [0.1, 0.15) is 24.2 Å². The smallest absolute Gasteiger partial charge is 0.339 e. The van der Waals surface area contributed by atoms with Crippen molar-refractivity contribution in [2.45, 2.75) is 23.6 Å². The van der Waals surface area contributed by atoms with Gasteiger partial charge in [-0.05, 0) is 86.8 Å². The number of nitrogens with one attached hydrogen (secondary N) is 1. The molecule has 1 amide bonds. The second-order valence-electron chi connectivity index (χ2n) is 7.58. The molecule has 0 aliphatic rings. The molecular formula is C26H27ClN2O6S2. The molecule has 3 aromatic rings. The number of nitrogens with zero attached hydrogens (tertiary/aromatic N) is 1. The van der Waals surface area contributed by atoms with Gasteiger partial charge in [0.2, 0.25) is 5.91 Å². The lowest BCUT2D eigenvalue weighted by atomic mass is 10.2. The average Bonchev–Trinajstić information content (AvgIpc) is 2.89. The fourth-order valence-corrected chi connectivity index (χ4v) is 5.39. The number of carbonyl (C=O) groups is 2. The molecule has 0 aliphatic carbocycles. The summed E-state index contributed by atoms with van der Waals surface area (Å²) in [5, 5.41) is 2.81. The molecule has 0 bridgehead atoms. The zero-order valence-electron chi connectivity index (χ0n) is 20.6. The molecule has 0 atom stereocenters.